The van der Waals surface area contributed by atoms with Crippen molar-refractivity contribution in [3.05, 3.63) is 12.7 Å². The number of ether oxygens (including phenoxy) is 2. The summed E-state index contributed by atoms with van der Waals surface area (Å²) in [6.07, 6.45) is 4.85. The van der Waals surface area contributed by atoms with Crippen molar-refractivity contribution < 1.29 is 9.47 Å². The minimum absolute atomic E-state index is 0.401. The minimum atomic E-state index is 0.401. The van der Waals surface area contributed by atoms with Crippen LogP contribution < -0.4 is 5.73 Å². The fourth-order valence-electron chi connectivity index (χ4n) is 2.57. The smallest absolute Gasteiger partial charge is 0.0644 e. The average molecular weight is 197 g/mol. The van der Waals surface area contributed by atoms with Gasteiger partial charge in [0.15, 0.2) is 0 Å². The van der Waals surface area contributed by atoms with Crippen LogP contribution in [0.2, 0.25) is 0 Å². The monoisotopic (exact) mass is 197 g/mol. The highest BCUT2D eigenvalue weighted by molar-refractivity contribution is 4.95. The predicted molar refractivity (Wildman–Crippen MR) is 54.9 cm³/mol. The maximum atomic E-state index is 5.83. The van der Waals surface area contributed by atoms with Crippen molar-refractivity contribution in [2.75, 3.05) is 19.8 Å². The molecule has 4 unspecified atom stereocenters. The average Bonchev–Trinajstić information content (AvgIpc) is 2.76. The van der Waals surface area contributed by atoms with Crippen LogP contribution in [0.5, 0.6) is 0 Å². The zero-order valence-electron chi connectivity index (χ0n) is 8.52. The highest BCUT2D eigenvalue weighted by Crippen LogP contribution is 2.42. The quantitative estimate of drug-likeness (QED) is 0.527. The summed E-state index contributed by atoms with van der Waals surface area (Å²) in [5, 5.41) is 0. The van der Waals surface area contributed by atoms with Gasteiger partial charge in [0, 0.05) is 5.92 Å². The number of hydrogen-bond donors (Lipinski definition) is 1. The highest BCUT2D eigenvalue weighted by Gasteiger charge is 2.46. The van der Waals surface area contributed by atoms with E-state index >= 15 is 0 Å². The van der Waals surface area contributed by atoms with Gasteiger partial charge in [0.25, 0.3) is 0 Å². The summed E-state index contributed by atoms with van der Waals surface area (Å²) in [5.74, 6) is 1.18. The van der Waals surface area contributed by atoms with Gasteiger partial charge in [-0.1, -0.05) is 6.08 Å². The Kier molecular flexibility index (Phi) is 3.21. The van der Waals surface area contributed by atoms with Crippen molar-refractivity contribution in [1.82, 2.24) is 0 Å². The molecule has 2 bridgehead atoms. The molecule has 0 aromatic heterocycles. The molecule has 0 aromatic carbocycles. The van der Waals surface area contributed by atoms with Crippen molar-refractivity contribution in [2.24, 2.45) is 17.6 Å². The zero-order valence-corrected chi connectivity index (χ0v) is 8.52. The number of fused-ring (bicyclic) bond motifs is 2. The van der Waals surface area contributed by atoms with Crippen molar-refractivity contribution in [3.63, 3.8) is 0 Å². The lowest BCUT2D eigenvalue weighted by molar-refractivity contribution is 0.0591. The van der Waals surface area contributed by atoms with E-state index < -0.39 is 0 Å². The van der Waals surface area contributed by atoms with Gasteiger partial charge in [-0.3, -0.25) is 0 Å². The maximum absolute atomic E-state index is 5.83. The van der Waals surface area contributed by atoms with Gasteiger partial charge in [-0.15, -0.1) is 6.58 Å². The Balaban J connectivity index is 1.76. The molecular weight excluding hydrogens is 178 g/mol. The van der Waals surface area contributed by atoms with Gasteiger partial charge in [0.2, 0.25) is 0 Å². The molecule has 2 aliphatic heterocycles. The largest absolute Gasteiger partial charge is 0.377 e. The summed E-state index contributed by atoms with van der Waals surface area (Å²) in [5.41, 5.74) is 5.66. The molecule has 0 amide bonds. The van der Waals surface area contributed by atoms with Crippen LogP contribution >= 0.6 is 0 Å². The second-order valence-corrected chi connectivity index (χ2v) is 4.27. The summed E-state index contributed by atoms with van der Waals surface area (Å²) < 4.78 is 11.3. The first-order chi connectivity index (χ1) is 6.85. The van der Waals surface area contributed by atoms with Crippen LogP contribution in [-0.2, 0) is 9.47 Å². The summed E-state index contributed by atoms with van der Waals surface area (Å²) in [6, 6.07) is 0. The van der Waals surface area contributed by atoms with Gasteiger partial charge in [-0.2, -0.15) is 0 Å². The molecule has 2 rings (SSSR count). The lowest BCUT2D eigenvalue weighted by Gasteiger charge is -2.23. The molecule has 3 heteroatoms. The van der Waals surface area contributed by atoms with E-state index in [1.165, 1.54) is 0 Å². The number of nitrogens with two attached hydrogens (primary N) is 1. The SMILES string of the molecule is C=CCOCC1CC2OC1CC2CN. The van der Waals surface area contributed by atoms with Gasteiger partial charge in [-0.25, -0.2) is 0 Å². The van der Waals surface area contributed by atoms with Crippen molar-refractivity contribution >= 4 is 0 Å². The van der Waals surface area contributed by atoms with Crippen LogP contribution in [0.1, 0.15) is 12.8 Å². The summed E-state index contributed by atoms with van der Waals surface area (Å²) in [6.45, 7) is 5.85. The second kappa shape index (κ2) is 4.43. The van der Waals surface area contributed by atoms with Gasteiger partial charge in [0.05, 0.1) is 25.4 Å². The molecule has 4 atom stereocenters. The summed E-state index contributed by atoms with van der Waals surface area (Å²) >= 11 is 0. The Morgan fingerprint density at radius 3 is 2.64 bits per heavy atom. The Morgan fingerprint density at radius 1 is 1.36 bits per heavy atom. The predicted octanol–water partition coefficient (Wildman–Crippen LogP) is 0.941. The van der Waals surface area contributed by atoms with Crippen molar-refractivity contribution in [1.29, 1.82) is 0 Å². The van der Waals surface area contributed by atoms with Gasteiger partial charge in [0.1, 0.15) is 0 Å². The van der Waals surface area contributed by atoms with Crippen LogP contribution in [0.25, 0.3) is 0 Å². The van der Waals surface area contributed by atoms with E-state index in [-0.39, 0.29) is 0 Å². The molecule has 2 aliphatic rings. The molecule has 3 nitrogen and oxygen atoms in total. The van der Waals surface area contributed by atoms with E-state index in [9.17, 15) is 0 Å². The van der Waals surface area contributed by atoms with E-state index in [1.807, 2.05) is 0 Å². The van der Waals surface area contributed by atoms with E-state index in [0.717, 1.165) is 26.0 Å². The molecule has 2 heterocycles. The number of rotatable bonds is 5. The molecule has 0 saturated carbocycles. The molecule has 0 aromatic rings. The Hall–Kier alpha value is -0.380. The zero-order chi connectivity index (χ0) is 9.97. The Labute approximate surface area is 85.3 Å². The first-order valence-electron chi connectivity index (χ1n) is 5.39. The fourth-order valence-corrected chi connectivity index (χ4v) is 2.57. The molecule has 80 valence electrons. The summed E-state index contributed by atoms with van der Waals surface area (Å²) in [7, 11) is 0. The Morgan fingerprint density at radius 2 is 2.07 bits per heavy atom. The fraction of sp³-hybridized carbons (Fsp3) is 0.818. The molecule has 0 aliphatic carbocycles. The van der Waals surface area contributed by atoms with Crippen molar-refractivity contribution in [2.45, 2.75) is 25.0 Å². The first-order valence-corrected chi connectivity index (χ1v) is 5.39. The lowest BCUT2D eigenvalue weighted by Crippen LogP contribution is -2.30. The first kappa shape index (κ1) is 10.1. The van der Waals surface area contributed by atoms with E-state index in [0.29, 0.717) is 30.7 Å². The molecule has 2 fully saturated rings. The topological polar surface area (TPSA) is 44.5 Å². The third kappa shape index (κ3) is 1.85. The second-order valence-electron chi connectivity index (χ2n) is 4.27. The minimum Gasteiger partial charge on any atom is -0.377 e. The van der Waals surface area contributed by atoms with E-state index in [1.54, 1.807) is 6.08 Å². The van der Waals surface area contributed by atoms with Gasteiger partial charge >= 0.3 is 0 Å². The van der Waals surface area contributed by atoms with Crippen LogP contribution in [0, 0.1) is 11.8 Å². The van der Waals surface area contributed by atoms with Crippen LogP contribution in [0.4, 0.5) is 0 Å². The Bertz CT molecular complexity index is 207. The molecule has 2 saturated heterocycles. The lowest BCUT2D eigenvalue weighted by atomic mass is 9.82. The third-order valence-electron chi connectivity index (χ3n) is 3.34. The van der Waals surface area contributed by atoms with Gasteiger partial charge in [-0.05, 0) is 25.3 Å². The molecule has 2 N–H and O–H groups in total. The van der Waals surface area contributed by atoms with Crippen molar-refractivity contribution in [3.8, 4) is 0 Å². The van der Waals surface area contributed by atoms with Crippen LogP contribution in [-0.4, -0.2) is 32.0 Å². The van der Waals surface area contributed by atoms with Crippen LogP contribution in [0.15, 0.2) is 12.7 Å². The molecule has 0 spiro atoms. The third-order valence-corrected chi connectivity index (χ3v) is 3.34. The van der Waals surface area contributed by atoms with E-state index in [2.05, 4.69) is 6.58 Å². The normalized spacial score (nSPS) is 40.4. The number of hydrogen-bond acceptors (Lipinski definition) is 3. The highest BCUT2D eigenvalue weighted by atomic mass is 16.5. The molecule has 0 radical (unpaired) electrons. The van der Waals surface area contributed by atoms with Gasteiger partial charge < -0.3 is 15.2 Å². The maximum Gasteiger partial charge on any atom is 0.0644 e. The van der Waals surface area contributed by atoms with E-state index in [4.69, 9.17) is 15.2 Å². The molecule has 14 heavy (non-hydrogen) atoms. The molecular formula is C11H19NO2. The summed E-state index contributed by atoms with van der Waals surface area (Å²) in [4.78, 5) is 0. The van der Waals surface area contributed by atoms with Crippen LogP contribution in [0.3, 0.4) is 0 Å². The standard InChI is InChI=1S/C11H19NO2/c1-2-3-13-7-9-5-10-8(6-12)4-11(9)14-10/h2,8-11H,1,3-7,12H2.